The molecule has 0 radical (unpaired) electrons. The number of carbonyl (C=O) groups is 1. The number of ether oxygens (including phenoxy) is 1. The number of aromatic nitrogens is 2. The predicted octanol–water partition coefficient (Wildman–Crippen LogP) is 1.99. The number of benzene rings is 1. The van der Waals surface area contributed by atoms with Crippen LogP contribution in [0.5, 0.6) is 0 Å². The van der Waals surface area contributed by atoms with Gasteiger partial charge >= 0.3 is 0 Å². The Kier molecular flexibility index (Phi) is 4.86. The highest BCUT2D eigenvalue weighted by atomic mass is 32.1. The van der Waals surface area contributed by atoms with Gasteiger partial charge in [0.05, 0.1) is 17.6 Å². The molecule has 1 amide bonds. The van der Waals surface area contributed by atoms with Crippen LogP contribution in [-0.4, -0.2) is 35.7 Å². The maximum Gasteiger partial charge on any atom is 0.221 e. The van der Waals surface area contributed by atoms with Gasteiger partial charge in [-0.15, -0.1) is 0 Å². The van der Waals surface area contributed by atoms with Crippen LogP contribution in [0.4, 0.5) is 4.39 Å². The Balaban J connectivity index is 2.06. The fraction of sp³-hybridized carbons (Fsp3) is 0.385. The molecule has 7 heteroatoms. The fourth-order valence-corrected chi connectivity index (χ4v) is 2.24. The van der Waals surface area contributed by atoms with Crippen molar-refractivity contribution in [2.45, 2.75) is 13.0 Å². The third-order valence-electron chi connectivity index (χ3n) is 2.93. The largest absolute Gasteiger partial charge is 0.383 e. The second kappa shape index (κ2) is 6.62. The van der Waals surface area contributed by atoms with Crippen molar-refractivity contribution in [1.82, 2.24) is 14.9 Å². The first kappa shape index (κ1) is 14.7. The summed E-state index contributed by atoms with van der Waals surface area (Å²) in [6.45, 7) is 1.35. The lowest BCUT2D eigenvalue weighted by atomic mass is 10.3. The zero-order chi connectivity index (χ0) is 14.5. The fourth-order valence-electron chi connectivity index (χ4n) is 1.94. The van der Waals surface area contributed by atoms with E-state index in [1.165, 1.54) is 12.1 Å². The Morgan fingerprint density at radius 1 is 1.55 bits per heavy atom. The van der Waals surface area contributed by atoms with Gasteiger partial charge in [0.15, 0.2) is 4.77 Å². The number of carbonyl (C=O) groups excluding carboxylic acids is 1. The predicted molar refractivity (Wildman–Crippen MR) is 76.6 cm³/mol. The number of imidazole rings is 1. The third kappa shape index (κ3) is 3.43. The van der Waals surface area contributed by atoms with Crippen molar-refractivity contribution < 1.29 is 13.9 Å². The summed E-state index contributed by atoms with van der Waals surface area (Å²) in [5, 5.41) is 2.73. The number of amides is 1. The van der Waals surface area contributed by atoms with E-state index in [1.54, 1.807) is 17.7 Å². The van der Waals surface area contributed by atoms with Crippen LogP contribution < -0.4 is 5.32 Å². The lowest BCUT2D eigenvalue weighted by Crippen LogP contribution is -2.27. The van der Waals surface area contributed by atoms with E-state index >= 15 is 0 Å². The minimum Gasteiger partial charge on any atom is -0.383 e. The highest BCUT2D eigenvalue weighted by Crippen LogP contribution is 2.15. The van der Waals surface area contributed by atoms with Crippen LogP contribution in [0, 0.1) is 10.6 Å². The summed E-state index contributed by atoms with van der Waals surface area (Å²) in [4.78, 5) is 14.6. The van der Waals surface area contributed by atoms with E-state index in [2.05, 4.69) is 10.3 Å². The van der Waals surface area contributed by atoms with Crippen LogP contribution >= 0.6 is 12.2 Å². The molecule has 1 heterocycles. The molecule has 108 valence electrons. The SMILES string of the molecule is COCCNC(=O)CCn1c(=S)[nH]c2ccc(F)cc21. The average Bonchev–Trinajstić information content (AvgIpc) is 2.72. The van der Waals surface area contributed by atoms with Crippen LogP contribution in [0.15, 0.2) is 18.2 Å². The molecule has 0 aliphatic carbocycles. The normalized spacial score (nSPS) is 10.9. The summed E-state index contributed by atoms with van der Waals surface area (Å²) in [6.07, 6.45) is 0.279. The highest BCUT2D eigenvalue weighted by molar-refractivity contribution is 7.71. The Labute approximate surface area is 120 Å². The first-order valence-electron chi connectivity index (χ1n) is 6.25. The quantitative estimate of drug-likeness (QED) is 0.633. The lowest BCUT2D eigenvalue weighted by Gasteiger charge is -2.06. The van der Waals surface area contributed by atoms with E-state index in [9.17, 15) is 9.18 Å². The molecule has 2 aromatic rings. The molecule has 0 saturated heterocycles. The molecule has 0 aliphatic heterocycles. The second-order valence-electron chi connectivity index (χ2n) is 4.34. The molecule has 0 spiro atoms. The standard InChI is InChI=1S/C13H16FN3O2S/c1-19-7-5-15-12(18)4-6-17-11-8-9(14)2-3-10(11)16-13(17)20/h2-3,8H,4-7H2,1H3,(H,15,18)(H,16,20). The zero-order valence-electron chi connectivity index (χ0n) is 11.1. The molecule has 1 aromatic carbocycles. The Bertz CT molecular complexity index is 665. The molecule has 1 aromatic heterocycles. The topological polar surface area (TPSA) is 59.0 Å². The highest BCUT2D eigenvalue weighted by Gasteiger charge is 2.07. The minimum absolute atomic E-state index is 0.0882. The summed E-state index contributed by atoms with van der Waals surface area (Å²) in [5.74, 6) is -0.417. The first-order chi connectivity index (χ1) is 9.61. The summed E-state index contributed by atoms with van der Waals surface area (Å²) in [6, 6.07) is 4.41. The van der Waals surface area contributed by atoms with Crippen molar-refractivity contribution in [2.24, 2.45) is 0 Å². The number of nitrogens with zero attached hydrogens (tertiary/aromatic N) is 1. The van der Waals surface area contributed by atoms with Crippen LogP contribution in [0.2, 0.25) is 0 Å². The van der Waals surface area contributed by atoms with Gasteiger partial charge < -0.3 is 19.6 Å². The third-order valence-corrected chi connectivity index (χ3v) is 3.25. The molecular weight excluding hydrogens is 281 g/mol. The van der Waals surface area contributed by atoms with Gasteiger partial charge in [-0.3, -0.25) is 4.79 Å². The van der Waals surface area contributed by atoms with Crippen molar-refractivity contribution in [2.75, 3.05) is 20.3 Å². The monoisotopic (exact) mass is 297 g/mol. The maximum atomic E-state index is 13.3. The maximum absolute atomic E-state index is 13.3. The smallest absolute Gasteiger partial charge is 0.221 e. The number of hydrogen-bond donors (Lipinski definition) is 2. The van der Waals surface area contributed by atoms with Gasteiger partial charge in [0.2, 0.25) is 5.91 Å². The molecular formula is C13H16FN3O2S. The molecule has 0 unspecified atom stereocenters. The van der Waals surface area contributed by atoms with E-state index in [0.717, 1.165) is 5.52 Å². The van der Waals surface area contributed by atoms with Gasteiger partial charge in [-0.2, -0.15) is 0 Å². The summed E-state index contributed by atoms with van der Waals surface area (Å²) < 4.78 is 20.3. The van der Waals surface area contributed by atoms with Crippen molar-refractivity contribution in [3.8, 4) is 0 Å². The second-order valence-corrected chi connectivity index (χ2v) is 4.72. The summed E-state index contributed by atoms with van der Waals surface area (Å²) >= 11 is 5.19. The molecule has 0 bridgehead atoms. The molecule has 0 atom stereocenters. The van der Waals surface area contributed by atoms with E-state index in [0.29, 0.717) is 30.0 Å². The van der Waals surface area contributed by atoms with Crippen molar-refractivity contribution in [3.63, 3.8) is 0 Å². The number of aromatic amines is 1. The zero-order valence-corrected chi connectivity index (χ0v) is 11.9. The van der Waals surface area contributed by atoms with Crippen LogP contribution in [-0.2, 0) is 16.1 Å². The number of aryl methyl sites for hydroxylation is 1. The molecule has 2 N–H and O–H groups in total. The van der Waals surface area contributed by atoms with Crippen LogP contribution in [0.25, 0.3) is 11.0 Å². The Hall–Kier alpha value is -1.73. The lowest BCUT2D eigenvalue weighted by molar-refractivity contribution is -0.121. The number of fused-ring (bicyclic) bond motifs is 1. The number of H-pyrrole nitrogens is 1. The Morgan fingerprint density at radius 3 is 3.10 bits per heavy atom. The number of nitrogens with one attached hydrogen (secondary N) is 2. The number of rotatable bonds is 6. The van der Waals surface area contributed by atoms with Gasteiger partial charge in [0.1, 0.15) is 5.82 Å². The van der Waals surface area contributed by atoms with E-state index in [-0.39, 0.29) is 18.1 Å². The summed E-state index contributed by atoms with van der Waals surface area (Å²) in [7, 11) is 1.58. The van der Waals surface area contributed by atoms with Gasteiger partial charge in [0.25, 0.3) is 0 Å². The van der Waals surface area contributed by atoms with Crippen LogP contribution in [0.1, 0.15) is 6.42 Å². The first-order valence-corrected chi connectivity index (χ1v) is 6.66. The molecule has 5 nitrogen and oxygen atoms in total. The van der Waals surface area contributed by atoms with Crippen molar-refractivity contribution in [1.29, 1.82) is 0 Å². The minimum atomic E-state index is -0.329. The summed E-state index contributed by atoms with van der Waals surface area (Å²) in [5.41, 5.74) is 1.43. The average molecular weight is 297 g/mol. The van der Waals surface area contributed by atoms with Gasteiger partial charge in [-0.1, -0.05) is 0 Å². The molecule has 2 rings (SSSR count). The van der Waals surface area contributed by atoms with Crippen LogP contribution in [0.3, 0.4) is 0 Å². The molecule has 0 saturated carbocycles. The Morgan fingerprint density at radius 2 is 2.35 bits per heavy atom. The molecule has 0 fully saturated rings. The van der Waals surface area contributed by atoms with Gasteiger partial charge in [-0.05, 0) is 30.4 Å². The molecule has 20 heavy (non-hydrogen) atoms. The number of methoxy groups -OCH3 is 1. The number of hydrogen-bond acceptors (Lipinski definition) is 3. The molecule has 0 aliphatic rings. The van der Waals surface area contributed by atoms with E-state index < -0.39 is 0 Å². The number of halogens is 1. The van der Waals surface area contributed by atoms with E-state index in [1.807, 2.05) is 0 Å². The van der Waals surface area contributed by atoms with Gasteiger partial charge in [-0.25, -0.2) is 4.39 Å². The van der Waals surface area contributed by atoms with E-state index in [4.69, 9.17) is 17.0 Å². The van der Waals surface area contributed by atoms with Crippen molar-refractivity contribution in [3.05, 3.63) is 28.8 Å². The van der Waals surface area contributed by atoms with Crippen molar-refractivity contribution >= 4 is 29.2 Å². The van der Waals surface area contributed by atoms with Gasteiger partial charge in [0, 0.05) is 26.6 Å².